The van der Waals surface area contributed by atoms with E-state index in [1.165, 1.54) is 199 Å². The summed E-state index contributed by atoms with van der Waals surface area (Å²) in [5.74, 6) is -0.101. The van der Waals surface area contributed by atoms with Crippen molar-refractivity contribution in [2.24, 2.45) is 0 Å². The predicted molar refractivity (Wildman–Crippen MR) is 341 cm³/mol. The van der Waals surface area contributed by atoms with Crippen molar-refractivity contribution >= 4 is 54.3 Å². The quantitative estimate of drug-likeness (QED) is 0.119. The minimum atomic E-state index is -0.101. The largest absolute Gasteiger partial charge is 0.455 e. The molecule has 0 saturated heterocycles. The highest BCUT2D eigenvalue weighted by Crippen LogP contribution is 2.53. The second-order valence-electron chi connectivity index (χ2n) is 24.1. The van der Waals surface area contributed by atoms with Gasteiger partial charge in [-0.25, -0.2) is 0 Å². The van der Waals surface area contributed by atoms with Crippen LogP contribution in [-0.2, 0) is 0 Å². The van der Waals surface area contributed by atoms with E-state index in [0.29, 0.717) is 0 Å². The third-order valence-corrected chi connectivity index (χ3v) is 21.0. The van der Waals surface area contributed by atoms with Crippen LogP contribution in [0.2, 0.25) is 0 Å². The van der Waals surface area contributed by atoms with Gasteiger partial charge in [-0.15, -0.1) is 0 Å². The highest BCUT2D eigenvalue weighted by molar-refractivity contribution is 6.22. The molecule has 0 N–H and O–H groups in total. The maximum atomic E-state index is 7.23. The summed E-state index contributed by atoms with van der Waals surface area (Å²) in [4.78, 5) is 0. The Labute approximate surface area is 465 Å². The van der Waals surface area contributed by atoms with Crippen molar-refractivity contribution in [1.82, 2.24) is 0 Å². The van der Waals surface area contributed by atoms with Crippen LogP contribution in [0.4, 0.5) is 0 Å². The maximum absolute atomic E-state index is 7.23. The number of hydrogen-bond acceptors (Lipinski definition) is 1. The van der Waals surface area contributed by atoms with Gasteiger partial charge < -0.3 is 4.42 Å². The molecule has 0 spiro atoms. The first kappa shape index (κ1) is 52.8. The van der Waals surface area contributed by atoms with Crippen LogP contribution in [-0.4, -0.2) is 0 Å². The molecule has 11 rings (SSSR count). The monoisotopic (exact) mass is 1020 g/mol. The zero-order chi connectivity index (χ0) is 56.1. The molecule has 0 saturated carbocycles. The number of fused-ring (bicyclic) bond motifs is 8. The van der Waals surface area contributed by atoms with Crippen molar-refractivity contribution in [3.05, 3.63) is 218 Å². The lowest BCUT2D eigenvalue weighted by Gasteiger charge is -2.33. The molecule has 1 nitrogen and oxygen atoms in total. The third kappa shape index (κ3) is 7.25. The summed E-state index contributed by atoms with van der Waals surface area (Å²) in [5, 5.41) is 10.3. The lowest BCUT2D eigenvalue weighted by Crippen LogP contribution is -2.16. The summed E-state index contributed by atoms with van der Waals surface area (Å²) < 4.78 is 7.23. The van der Waals surface area contributed by atoms with E-state index in [1.807, 2.05) is 0 Å². The molecular formula is C77H80O. The summed E-state index contributed by atoms with van der Waals surface area (Å²) >= 11 is 0. The van der Waals surface area contributed by atoms with E-state index in [2.05, 4.69) is 231 Å². The van der Waals surface area contributed by atoms with Gasteiger partial charge in [-0.2, -0.15) is 0 Å². The molecule has 11 aromatic rings. The van der Waals surface area contributed by atoms with Gasteiger partial charge in [-0.1, -0.05) is 66.7 Å². The number of rotatable bonds is 6. The molecule has 1 heterocycles. The number of benzene rings is 10. The van der Waals surface area contributed by atoms with Gasteiger partial charge in [0.1, 0.15) is 11.2 Å². The second kappa shape index (κ2) is 18.7. The Hall–Kier alpha value is -7.22. The first-order valence-corrected chi connectivity index (χ1v) is 28.6. The highest BCUT2D eigenvalue weighted by atomic mass is 16.3. The molecule has 1 atom stereocenters. The van der Waals surface area contributed by atoms with Crippen molar-refractivity contribution in [1.29, 1.82) is 0 Å². The van der Waals surface area contributed by atoms with Gasteiger partial charge in [-0.3, -0.25) is 0 Å². The van der Waals surface area contributed by atoms with Crippen LogP contribution in [0.25, 0.3) is 87.6 Å². The molecule has 10 aromatic carbocycles. The molecule has 1 heteroatoms. The molecule has 0 aliphatic heterocycles. The molecule has 0 amide bonds. The van der Waals surface area contributed by atoms with Crippen LogP contribution < -0.4 is 0 Å². The fourth-order valence-corrected chi connectivity index (χ4v) is 15.0. The average molecular weight is 1020 g/mol. The van der Waals surface area contributed by atoms with Crippen molar-refractivity contribution in [2.45, 2.75) is 158 Å². The van der Waals surface area contributed by atoms with E-state index < -0.39 is 0 Å². The smallest absolute Gasteiger partial charge is 0.143 e. The second-order valence-corrected chi connectivity index (χ2v) is 24.1. The normalized spacial score (nSPS) is 12.4. The summed E-state index contributed by atoms with van der Waals surface area (Å²) in [6.45, 7) is 52.2. The van der Waals surface area contributed by atoms with E-state index >= 15 is 0 Å². The van der Waals surface area contributed by atoms with E-state index in [1.54, 1.807) is 0 Å². The SMILES string of the molecule is Cc1c(C)c(C)c(-c2c(C)c(C)c(C)c(C(c3ccc4c(c3)oc3c5ccccc5c(-c5ccccc5)cc43)c3c(C)c(C)c(-c4c(C)c5c(C)c(C)c(C)c(C)c5c5c(C)c(C)c(C)c(C)c45)c(C)c3C)c2C)c(C)c1C. The summed E-state index contributed by atoms with van der Waals surface area (Å²) in [5.41, 5.74) is 44.3. The zero-order valence-electron chi connectivity index (χ0n) is 51.0. The molecule has 0 aliphatic rings. The number of furan rings is 1. The lowest BCUT2D eigenvalue weighted by atomic mass is 9.70. The van der Waals surface area contributed by atoms with Crippen LogP contribution in [0.1, 0.15) is 145 Å². The summed E-state index contributed by atoms with van der Waals surface area (Å²) in [6.07, 6.45) is 0. The Morgan fingerprint density at radius 2 is 0.667 bits per heavy atom. The Morgan fingerprint density at radius 1 is 0.269 bits per heavy atom. The molecule has 0 radical (unpaired) electrons. The molecule has 78 heavy (non-hydrogen) atoms. The van der Waals surface area contributed by atoms with Crippen LogP contribution in [0, 0.1) is 152 Å². The lowest BCUT2D eigenvalue weighted by molar-refractivity contribution is 0.671. The van der Waals surface area contributed by atoms with Crippen LogP contribution in [0.5, 0.6) is 0 Å². The Balaban J connectivity index is 1.27. The van der Waals surface area contributed by atoms with Gasteiger partial charge in [0, 0.05) is 22.1 Å². The van der Waals surface area contributed by atoms with Crippen LogP contribution in [0.3, 0.4) is 0 Å². The average Bonchev–Trinajstić information content (AvgIpc) is 2.94. The van der Waals surface area contributed by atoms with Crippen molar-refractivity contribution in [2.75, 3.05) is 0 Å². The standard InChI is InChI=1S/C77H80O/c1-36-37(2)44(9)66(45(10)38(36)3)69-47(12)43(8)48(13)71(56(69)21)76(59-32-33-61-64-35-63(58-28-24-23-25-29-58)60-30-26-27-31-62(60)77(64)78-65(61)34-59)68-54(19)52(17)67(53(18)55(68)20)75-57(22)70-46(11)39(4)40(5)49(14)72(70)73-50(15)41(6)42(7)51(16)74(73)75/h23-35,76H,1-22H3. The fourth-order valence-electron chi connectivity index (χ4n) is 15.0. The van der Waals surface area contributed by atoms with Gasteiger partial charge in [-0.05, 0) is 364 Å². The van der Waals surface area contributed by atoms with Gasteiger partial charge in [0.05, 0.1) is 0 Å². The van der Waals surface area contributed by atoms with Crippen molar-refractivity contribution < 1.29 is 4.42 Å². The van der Waals surface area contributed by atoms with Crippen LogP contribution in [0.15, 0.2) is 83.3 Å². The van der Waals surface area contributed by atoms with Gasteiger partial charge in [0.15, 0.2) is 0 Å². The molecule has 0 bridgehead atoms. The first-order valence-electron chi connectivity index (χ1n) is 28.6. The van der Waals surface area contributed by atoms with Gasteiger partial charge in [0.25, 0.3) is 0 Å². The number of aryl methyl sites for hydroxylation is 5. The minimum absolute atomic E-state index is 0.101. The summed E-state index contributed by atoms with van der Waals surface area (Å²) in [7, 11) is 0. The Bertz CT molecular complexity index is 4410. The van der Waals surface area contributed by atoms with E-state index in [-0.39, 0.29) is 5.92 Å². The predicted octanol–water partition coefficient (Wildman–Crippen LogP) is 22.0. The molecule has 1 aromatic heterocycles. The van der Waals surface area contributed by atoms with Crippen LogP contribution >= 0.6 is 0 Å². The first-order chi connectivity index (χ1) is 36.9. The molecular weight excluding hydrogens is 941 g/mol. The Morgan fingerprint density at radius 3 is 1.23 bits per heavy atom. The number of hydrogen-bond donors (Lipinski definition) is 0. The zero-order valence-corrected chi connectivity index (χ0v) is 51.0. The van der Waals surface area contributed by atoms with Crippen molar-refractivity contribution in [3.63, 3.8) is 0 Å². The van der Waals surface area contributed by atoms with E-state index in [4.69, 9.17) is 4.42 Å². The van der Waals surface area contributed by atoms with Gasteiger partial charge in [0.2, 0.25) is 0 Å². The summed E-state index contributed by atoms with van der Waals surface area (Å²) in [6, 6.07) is 29.2. The fraction of sp³-hybridized carbons (Fsp3) is 0.299. The molecule has 394 valence electrons. The molecule has 1 unspecified atom stereocenters. The molecule has 0 fully saturated rings. The third-order valence-electron chi connectivity index (χ3n) is 21.0. The van der Waals surface area contributed by atoms with E-state index in [0.717, 1.165) is 27.3 Å². The topological polar surface area (TPSA) is 13.1 Å². The van der Waals surface area contributed by atoms with E-state index in [9.17, 15) is 0 Å². The Kier molecular flexibility index (Phi) is 12.7. The van der Waals surface area contributed by atoms with Crippen molar-refractivity contribution in [3.8, 4) is 33.4 Å². The highest BCUT2D eigenvalue weighted by Gasteiger charge is 2.33. The van der Waals surface area contributed by atoms with Gasteiger partial charge >= 0.3 is 0 Å². The molecule has 0 aliphatic carbocycles. The minimum Gasteiger partial charge on any atom is -0.455 e. The maximum Gasteiger partial charge on any atom is 0.143 e.